The van der Waals surface area contributed by atoms with E-state index in [9.17, 15) is 4.39 Å². The van der Waals surface area contributed by atoms with Crippen molar-refractivity contribution >= 4 is 0 Å². The molecule has 0 aliphatic heterocycles. The van der Waals surface area contributed by atoms with Gasteiger partial charge in [0.25, 0.3) is 0 Å². The standard InChI is InChI=1S/C15H17FN2.C3H8.C2H6/c1-9(2)14-10(3)15(18-11(4)17-14)12-5-7-13(16)8-6-12;1-3-2;1-2/h5-9H,1-4H3;3H2,1-2H3;1-2H3. The van der Waals surface area contributed by atoms with Crippen LogP contribution in [-0.2, 0) is 0 Å². The highest BCUT2D eigenvalue weighted by Crippen LogP contribution is 2.26. The van der Waals surface area contributed by atoms with Gasteiger partial charge in [-0.15, -0.1) is 0 Å². The zero-order valence-electron chi connectivity index (χ0n) is 15.9. The number of hydrogen-bond donors (Lipinski definition) is 0. The third kappa shape index (κ3) is 6.47. The molecule has 0 atom stereocenters. The minimum Gasteiger partial charge on any atom is -0.238 e. The molecule has 0 N–H and O–H groups in total. The predicted octanol–water partition coefficient (Wildman–Crippen LogP) is 6.47. The Hall–Kier alpha value is -1.77. The molecule has 2 nitrogen and oxygen atoms in total. The number of aryl methyl sites for hydroxylation is 1. The Morgan fingerprint density at radius 1 is 0.957 bits per heavy atom. The van der Waals surface area contributed by atoms with Gasteiger partial charge in [-0.25, -0.2) is 14.4 Å². The van der Waals surface area contributed by atoms with E-state index >= 15 is 0 Å². The monoisotopic (exact) mass is 318 g/mol. The molecule has 1 heterocycles. The van der Waals surface area contributed by atoms with Crippen LogP contribution in [0, 0.1) is 19.7 Å². The minimum atomic E-state index is -0.230. The van der Waals surface area contributed by atoms with E-state index in [2.05, 4.69) is 37.7 Å². The van der Waals surface area contributed by atoms with Gasteiger partial charge < -0.3 is 0 Å². The van der Waals surface area contributed by atoms with Crippen molar-refractivity contribution < 1.29 is 4.39 Å². The molecule has 0 saturated carbocycles. The van der Waals surface area contributed by atoms with Crippen LogP contribution in [0.25, 0.3) is 11.3 Å². The lowest BCUT2D eigenvalue weighted by molar-refractivity contribution is 0.628. The first-order valence-electron chi connectivity index (χ1n) is 8.51. The van der Waals surface area contributed by atoms with Crippen molar-refractivity contribution in [2.75, 3.05) is 0 Å². The lowest BCUT2D eigenvalue weighted by atomic mass is 9.99. The van der Waals surface area contributed by atoms with Crippen LogP contribution in [0.1, 0.15) is 71.0 Å². The fraction of sp³-hybridized carbons (Fsp3) is 0.500. The Kier molecular flexibility index (Phi) is 10.0. The van der Waals surface area contributed by atoms with Crippen molar-refractivity contribution in [2.45, 2.75) is 67.7 Å². The second kappa shape index (κ2) is 10.9. The molecule has 2 aromatic rings. The van der Waals surface area contributed by atoms with Crippen molar-refractivity contribution in [1.29, 1.82) is 0 Å². The molecule has 0 aliphatic rings. The average molecular weight is 318 g/mol. The van der Waals surface area contributed by atoms with Crippen molar-refractivity contribution in [3.05, 3.63) is 47.2 Å². The third-order valence-electron chi connectivity index (χ3n) is 2.96. The van der Waals surface area contributed by atoms with Crippen LogP contribution in [0.2, 0.25) is 0 Å². The zero-order chi connectivity index (χ0) is 18.0. The molecule has 0 saturated heterocycles. The van der Waals surface area contributed by atoms with Crippen LogP contribution < -0.4 is 0 Å². The molecule has 0 aliphatic carbocycles. The summed E-state index contributed by atoms with van der Waals surface area (Å²) in [6.45, 7) is 16.4. The lowest BCUT2D eigenvalue weighted by Gasteiger charge is -2.13. The molecule has 1 aromatic heterocycles. The topological polar surface area (TPSA) is 25.8 Å². The van der Waals surface area contributed by atoms with Gasteiger partial charge in [0.1, 0.15) is 11.6 Å². The van der Waals surface area contributed by atoms with E-state index in [-0.39, 0.29) is 5.82 Å². The van der Waals surface area contributed by atoms with Crippen LogP contribution >= 0.6 is 0 Å². The Balaban J connectivity index is 0.000000868. The smallest absolute Gasteiger partial charge is 0.126 e. The second-order valence-corrected chi connectivity index (χ2v) is 5.50. The fourth-order valence-corrected chi connectivity index (χ4v) is 2.10. The number of hydrogen-bond acceptors (Lipinski definition) is 2. The van der Waals surface area contributed by atoms with E-state index in [1.165, 1.54) is 18.6 Å². The Morgan fingerprint density at radius 3 is 1.87 bits per heavy atom. The zero-order valence-corrected chi connectivity index (χ0v) is 15.9. The van der Waals surface area contributed by atoms with E-state index in [1.54, 1.807) is 12.1 Å². The van der Waals surface area contributed by atoms with Crippen molar-refractivity contribution in [3.63, 3.8) is 0 Å². The molecule has 0 radical (unpaired) electrons. The highest BCUT2D eigenvalue weighted by atomic mass is 19.1. The quantitative estimate of drug-likeness (QED) is 0.634. The largest absolute Gasteiger partial charge is 0.238 e. The highest BCUT2D eigenvalue weighted by molar-refractivity contribution is 5.63. The summed E-state index contributed by atoms with van der Waals surface area (Å²) in [7, 11) is 0. The number of benzene rings is 1. The third-order valence-corrected chi connectivity index (χ3v) is 2.96. The van der Waals surface area contributed by atoms with Gasteiger partial charge in [0, 0.05) is 5.56 Å². The molecule has 128 valence electrons. The second-order valence-electron chi connectivity index (χ2n) is 5.50. The normalized spacial score (nSPS) is 9.65. The number of halogens is 1. The Bertz CT molecular complexity index is 575. The summed E-state index contributed by atoms with van der Waals surface area (Å²) >= 11 is 0. The average Bonchev–Trinajstić information content (AvgIpc) is 2.53. The molecule has 3 heteroatoms. The Labute approximate surface area is 141 Å². The predicted molar refractivity (Wildman–Crippen MR) is 98.3 cm³/mol. The summed E-state index contributed by atoms with van der Waals surface area (Å²) in [5.41, 5.74) is 3.96. The van der Waals surface area contributed by atoms with Gasteiger partial charge >= 0.3 is 0 Å². The van der Waals surface area contributed by atoms with Crippen LogP contribution in [-0.4, -0.2) is 9.97 Å². The van der Waals surface area contributed by atoms with Gasteiger partial charge in [-0.1, -0.05) is 48.0 Å². The van der Waals surface area contributed by atoms with Crippen molar-refractivity contribution in [1.82, 2.24) is 9.97 Å². The van der Waals surface area contributed by atoms with E-state index < -0.39 is 0 Å². The maximum atomic E-state index is 13.0. The van der Waals surface area contributed by atoms with Crippen molar-refractivity contribution in [3.8, 4) is 11.3 Å². The van der Waals surface area contributed by atoms with Crippen LogP contribution in [0.4, 0.5) is 4.39 Å². The molecule has 0 spiro atoms. The minimum absolute atomic E-state index is 0.230. The van der Waals surface area contributed by atoms with Crippen molar-refractivity contribution in [2.24, 2.45) is 0 Å². The summed E-state index contributed by atoms with van der Waals surface area (Å²) < 4.78 is 13.0. The van der Waals surface area contributed by atoms with Gasteiger partial charge in [0.2, 0.25) is 0 Å². The molecule has 2 rings (SSSR count). The summed E-state index contributed by atoms with van der Waals surface area (Å²) in [5.74, 6) is 0.876. The SMILES string of the molecule is CC.CCC.Cc1nc(-c2ccc(F)cc2)c(C)c(C(C)C)n1. The summed E-state index contributed by atoms with van der Waals surface area (Å²) in [5, 5.41) is 0. The van der Waals surface area contributed by atoms with Crippen LogP contribution in [0.3, 0.4) is 0 Å². The summed E-state index contributed by atoms with van der Waals surface area (Å²) in [6.07, 6.45) is 1.25. The first kappa shape index (κ1) is 21.2. The Morgan fingerprint density at radius 2 is 1.43 bits per heavy atom. The van der Waals surface area contributed by atoms with Gasteiger partial charge in [-0.2, -0.15) is 0 Å². The lowest BCUT2D eigenvalue weighted by Crippen LogP contribution is -2.04. The molecule has 23 heavy (non-hydrogen) atoms. The van der Waals surface area contributed by atoms with Gasteiger partial charge in [0.05, 0.1) is 11.4 Å². The molecule has 1 aromatic carbocycles. The fourth-order valence-electron chi connectivity index (χ4n) is 2.10. The maximum absolute atomic E-state index is 13.0. The van der Waals surface area contributed by atoms with E-state index in [4.69, 9.17) is 0 Å². The van der Waals surface area contributed by atoms with Gasteiger partial charge in [0.15, 0.2) is 0 Å². The maximum Gasteiger partial charge on any atom is 0.126 e. The number of nitrogens with zero attached hydrogens (tertiary/aromatic N) is 2. The molecule has 0 unspecified atom stereocenters. The molecule has 0 bridgehead atoms. The van der Waals surface area contributed by atoms with Crippen LogP contribution in [0.5, 0.6) is 0 Å². The van der Waals surface area contributed by atoms with E-state index in [0.29, 0.717) is 5.92 Å². The van der Waals surface area contributed by atoms with E-state index in [0.717, 1.165) is 28.3 Å². The first-order chi connectivity index (χ1) is 10.9. The first-order valence-corrected chi connectivity index (χ1v) is 8.51. The van der Waals surface area contributed by atoms with Gasteiger partial charge in [-0.3, -0.25) is 0 Å². The number of rotatable bonds is 2. The van der Waals surface area contributed by atoms with E-state index in [1.807, 2.05) is 27.7 Å². The molecule has 0 fully saturated rings. The highest BCUT2D eigenvalue weighted by Gasteiger charge is 2.13. The summed E-state index contributed by atoms with van der Waals surface area (Å²) in [4.78, 5) is 8.97. The number of aromatic nitrogens is 2. The molecular weight excluding hydrogens is 287 g/mol. The van der Waals surface area contributed by atoms with Crippen LogP contribution in [0.15, 0.2) is 24.3 Å². The molecule has 0 amide bonds. The van der Waals surface area contributed by atoms with Gasteiger partial charge in [-0.05, 0) is 49.6 Å². The molecular formula is C20H31FN2. The summed E-state index contributed by atoms with van der Waals surface area (Å²) in [6, 6.07) is 6.44.